The van der Waals surface area contributed by atoms with Gasteiger partial charge in [-0.1, -0.05) is 24.3 Å². The molecule has 3 rings (SSSR count). The third-order valence-corrected chi connectivity index (χ3v) is 4.02. The van der Waals surface area contributed by atoms with Gasteiger partial charge in [-0.3, -0.25) is 0 Å². The molecule has 0 radical (unpaired) electrons. The Morgan fingerprint density at radius 3 is 2.38 bits per heavy atom. The normalized spacial score (nSPS) is 11.4. The molecule has 124 valence electrons. The fraction of sp³-hybridized carbons (Fsp3) is 0.222. The van der Waals surface area contributed by atoms with Crippen LogP contribution in [0.5, 0.6) is 0 Å². The maximum Gasteiger partial charge on any atom is 0.227 e. The molecule has 1 N–H and O–H groups in total. The molecule has 1 aromatic heterocycles. The van der Waals surface area contributed by atoms with Crippen molar-refractivity contribution in [3.05, 3.63) is 54.1 Å². The summed E-state index contributed by atoms with van der Waals surface area (Å²) in [4.78, 5) is 14.2. The van der Waals surface area contributed by atoms with Crippen molar-refractivity contribution < 1.29 is 0 Å². The Labute approximate surface area is 151 Å². The van der Waals surface area contributed by atoms with Crippen molar-refractivity contribution in [2.45, 2.75) is 0 Å². The average molecular weight is 361 g/mol. The molecule has 0 saturated heterocycles. The van der Waals surface area contributed by atoms with E-state index >= 15 is 0 Å². The second kappa shape index (κ2) is 8.18. The summed E-state index contributed by atoms with van der Waals surface area (Å²) in [5.74, 6) is 1.75. The van der Waals surface area contributed by atoms with E-state index in [1.807, 2.05) is 36.4 Å². The van der Waals surface area contributed by atoms with Crippen molar-refractivity contribution in [1.29, 1.82) is 0 Å². The SMILES string of the molecule is ClCCN(CCCl)c1ccc(/C=N/c2nc3ccccc3[nH]2)cc1. The van der Waals surface area contributed by atoms with Crippen LogP contribution in [0.2, 0.25) is 0 Å². The molecule has 0 aliphatic carbocycles. The summed E-state index contributed by atoms with van der Waals surface area (Å²) in [5, 5.41) is 0. The molecule has 0 saturated carbocycles. The van der Waals surface area contributed by atoms with E-state index in [2.05, 4.69) is 32.0 Å². The molecular formula is C18H18Cl2N4. The number of nitrogens with zero attached hydrogens (tertiary/aromatic N) is 3. The topological polar surface area (TPSA) is 44.3 Å². The lowest BCUT2D eigenvalue weighted by molar-refractivity contribution is 0.874. The number of aromatic nitrogens is 2. The molecule has 0 amide bonds. The van der Waals surface area contributed by atoms with E-state index < -0.39 is 0 Å². The molecule has 0 fully saturated rings. The monoisotopic (exact) mass is 360 g/mol. The van der Waals surface area contributed by atoms with Crippen molar-refractivity contribution in [1.82, 2.24) is 9.97 Å². The van der Waals surface area contributed by atoms with Gasteiger partial charge in [-0.25, -0.2) is 9.98 Å². The first-order valence-electron chi connectivity index (χ1n) is 7.76. The van der Waals surface area contributed by atoms with Crippen LogP contribution in [0.1, 0.15) is 5.56 Å². The highest BCUT2D eigenvalue weighted by atomic mass is 35.5. The van der Waals surface area contributed by atoms with Gasteiger partial charge in [-0.2, -0.15) is 0 Å². The number of halogens is 2. The lowest BCUT2D eigenvalue weighted by atomic mass is 10.2. The quantitative estimate of drug-likeness (QED) is 0.494. The van der Waals surface area contributed by atoms with Crippen LogP contribution < -0.4 is 4.90 Å². The Kier molecular flexibility index (Phi) is 5.72. The highest BCUT2D eigenvalue weighted by Gasteiger charge is 2.05. The number of fused-ring (bicyclic) bond motifs is 1. The van der Waals surface area contributed by atoms with E-state index in [4.69, 9.17) is 23.2 Å². The number of alkyl halides is 2. The third kappa shape index (κ3) is 4.08. The van der Waals surface area contributed by atoms with Crippen LogP contribution in [0.3, 0.4) is 0 Å². The number of aromatic amines is 1. The van der Waals surface area contributed by atoms with Crippen LogP contribution in [0, 0.1) is 0 Å². The summed E-state index contributed by atoms with van der Waals surface area (Å²) < 4.78 is 0. The molecule has 0 bridgehead atoms. The molecule has 1 heterocycles. The summed E-state index contributed by atoms with van der Waals surface area (Å²) in [5.41, 5.74) is 4.02. The van der Waals surface area contributed by atoms with Crippen LogP contribution in [-0.4, -0.2) is 41.0 Å². The summed E-state index contributed by atoms with van der Waals surface area (Å²) in [6.45, 7) is 1.56. The fourth-order valence-corrected chi connectivity index (χ4v) is 2.89. The Morgan fingerprint density at radius 2 is 1.71 bits per heavy atom. The Hall–Kier alpha value is -2.04. The lowest BCUT2D eigenvalue weighted by Crippen LogP contribution is -2.27. The van der Waals surface area contributed by atoms with Crippen LogP contribution in [0.4, 0.5) is 11.6 Å². The number of anilines is 1. The first-order valence-corrected chi connectivity index (χ1v) is 8.83. The number of hydrogen-bond acceptors (Lipinski definition) is 3. The van der Waals surface area contributed by atoms with E-state index in [-0.39, 0.29) is 0 Å². The summed E-state index contributed by atoms with van der Waals surface area (Å²) in [6, 6.07) is 16.0. The van der Waals surface area contributed by atoms with Crippen molar-refractivity contribution in [2.24, 2.45) is 4.99 Å². The molecule has 2 aromatic carbocycles. The van der Waals surface area contributed by atoms with E-state index in [1.165, 1.54) is 0 Å². The van der Waals surface area contributed by atoms with E-state index in [9.17, 15) is 0 Å². The van der Waals surface area contributed by atoms with Gasteiger partial charge in [0.1, 0.15) is 0 Å². The van der Waals surface area contributed by atoms with Gasteiger partial charge in [0.2, 0.25) is 5.95 Å². The molecule has 0 atom stereocenters. The minimum absolute atomic E-state index is 0.576. The van der Waals surface area contributed by atoms with Gasteiger partial charge >= 0.3 is 0 Å². The number of aliphatic imine (C=N–C) groups is 1. The van der Waals surface area contributed by atoms with Gasteiger partial charge in [-0.05, 0) is 29.8 Å². The van der Waals surface area contributed by atoms with Gasteiger partial charge in [0.15, 0.2) is 0 Å². The van der Waals surface area contributed by atoms with Crippen LogP contribution in [-0.2, 0) is 0 Å². The predicted octanol–water partition coefficient (Wildman–Crippen LogP) is 4.60. The molecule has 3 aromatic rings. The van der Waals surface area contributed by atoms with Gasteiger partial charge in [0.25, 0.3) is 0 Å². The summed E-state index contributed by atoms with van der Waals surface area (Å²) in [7, 11) is 0. The van der Waals surface area contributed by atoms with Crippen LogP contribution in [0.15, 0.2) is 53.5 Å². The Balaban J connectivity index is 1.73. The van der Waals surface area contributed by atoms with Crippen molar-refractivity contribution >= 4 is 52.1 Å². The first kappa shape index (κ1) is 16.8. The summed E-state index contributed by atoms with van der Waals surface area (Å²) >= 11 is 11.7. The van der Waals surface area contributed by atoms with Crippen molar-refractivity contribution in [3.63, 3.8) is 0 Å². The van der Waals surface area contributed by atoms with Gasteiger partial charge in [0, 0.05) is 36.8 Å². The zero-order valence-corrected chi connectivity index (χ0v) is 14.6. The first-order chi connectivity index (χ1) is 11.8. The number of rotatable bonds is 7. The fourth-order valence-electron chi connectivity index (χ4n) is 2.48. The van der Waals surface area contributed by atoms with Crippen LogP contribution in [0.25, 0.3) is 11.0 Å². The molecular weight excluding hydrogens is 343 g/mol. The molecule has 4 nitrogen and oxygen atoms in total. The average Bonchev–Trinajstić information content (AvgIpc) is 3.03. The van der Waals surface area contributed by atoms with E-state index in [1.54, 1.807) is 6.21 Å². The van der Waals surface area contributed by atoms with Gasteiger partial charge < -0.3 is 9.88 Å². The third-order valence-electron chi connectivity index (χ3n) is 3.68. The highest BCUT2D eigenvalue weighted by molar-refractivity contribution is 6.18. The standard InChI is InChI=1S/C18H18Cl2N4/c19-9-11-24(12-10-20)15-7-5-14(6-8-15)13-21-18-22-16-3-1-2-4-17(16)23-18/h1-8,13H,9-12H2,(H,22,23)/b21-13+. The van der Waals surface area contributed by atoms with Crippen molar-refractivity contribution in [2.75, 3.05) is 29.7 Å². The molecule has 6 heteroatoms. The van der Waals surface area contributed by atoms with Crippen molar-refractivity contribution in [3.8, 4) is 0 Å². The highest BCUT2D eigenvalue weighted by Crippen LogP contribution is 2.17. The van der Waals surface area contributed by atoms with Crippen LogP contribution >= 0.6 is 23.2 Å². The number of imidazole rings is 1. The predicted molar refractivity (Wildman–Crippen MR) is 103 cm³/mol. The van der Waals surface area contributed by atoms with Gasteiger partial charge in [-0.15, -0.1) is 23.2 Å². The molecule has 0 spiro atoms. The summed E-state index contributed by atoms with van der Waals surface area (Å²) in [6.07, 6.45) is 1.80. The zero-order chi connectivity index (χ0) is 16.8. The number of H-pyrrole nitrogens is 1. The van der Waals surface area contributed by atoms with E-state index in [0.717, 1.165) is 35.4 Å². The number of benzene rings is 2. The Bertz CT molecular complexity index is 772. The second-order valence-corrected chi connectivity index (χ2v) is 6.05. The number of hydrogen-bond donors (Lipinski definition) is 1. The zero-order valence-electron chi connectivity index (χ0n) is 13.1. The number of para-hydroxylation sites is 2. The Morgan fingerprint density at radius 1 is 1.00 bits per heavy atom. The molecule has 24 heavy (non-hydrogen) atoms. The minimum atomic E-state index is 0.576. The maximum atomic E-state index is 5.85. The maximum absolute atomic E-state index is 5.85. The minimum Gasteiger partial charge on any atom is -0.369 e. The molecule has 0 aliphatic rings. The number of nitrogens with one attached hydrogen (secondary N) is 1. The largest absolute Gasteiger partial charge is 0.369 e. The van der Waals surface area contributed by atoms with Gasteiger partial charge in [0.05, 0.1) is 11.0 Å². The van der Waals surface area contributed by atoms with E-state index in [0.29, 0.717) is 17.7 Å². The molecule has 0 aliphatic heterocycles. The lowest BCUT2D eigenvalue weighted by Gasteiger charge is -2.22. The second-order valence-electron chi connectivity index (χ2n) is 5.29. The molecule has 0 unspecified atom stereocenters. The smallest absolute Gasteiger partial charge is 0.227 e.